The van der Waals surface area contributed by atoms with Crippen LogP contribution in [0.1, 0.15) is 24.4 Å². The first kappa shape index (κ1) is 21.0. The largest absolute Gasteiger partial charge is 0.497 e. The van der Waals surface area contributed by atoms with E-state index in [-0.39, 0.29) is 24.0 Å². The summed E-state index contributed by atoms with van der Waals surface area (Å²) in [5.41, 5.74) is 1.31. The van der Waals surface area contributed by atoms with Crippen LogP contribution in [0.4, 0.5) is 0 Å². The van der Waals surface area contributed by atoms with Crippen LogP contribution in [0, 0.1) is 0 Å². The summed E-state index contributed by atoms with van der Waals surface area (Å²) in [4.78, 5) is 11.6. The first-order valence-electron chi connectivity index (χ1n) is 8.30. The second-order valence-electron chi connectivity index (χ2n) is 6.46. The Labute approximate surface area is 163 Å². The molecule has 0 amide bonds. The highest BCUT2D eigenvalue weighted by Crippen LogP contribution is 2.27. The fourth-order valence-corrected chi connectivity index (χ4v) is 3.16. The number of nitrogens with zero attached hydrogens (tertiary/aromatic N) is 4. The van der Waals surface area contributed by atoms with Gasteiger partial charge in [0.05, 0.1) is 19.7 Å². The molecule has 0 saturated carbocycles. The van der Waals surface area contributed by atoms with Crippen molar-refractivity contribution in [3.05, 3.63) is 29.8 Å². The summed E-state index contributed by atoms with van der Waals surface area (Å²) in [6.45, 7) is 3.09. The summed E-state index contributed by atoms with van der Waals surface area (Å²) >= 11 is 0. The number of hydrogen-bond acceptors (Lipinski definition) is 3. The zero-order valence-electron chi connectivity index (χ0n) is 15.5. The number of likely N-dealkylation sites (tertiary alicyclic amines) is 1. The van der Waals surface area contributed by atoms with E-state index in [2.05, 4.69) is 26.8 Å². The molecule has 6 heteroatoms. The summed E-state index contributed by atoms with van der Waals surface area (Å²) in [6, 6.07) is 8.75. The number of hydrogen-bond donors (Lipinski definition) is 0. The zero-order chi connectivity index (χ0) is 16.8. The smallest absolute Gasteiger partial charge is 0.195 e. The molecular formula is C18H31IN4O. The highest BCUT2D eigenvalue weighted by atomic mass is 127. The standard InChI is InChI=1S/C18H30N4O.HI/c1-20(2)18(21(3)4)19-14-17(22-12-6-7-13-22)15-8-10-16(23-5)11-9-15;/h8-11,17H,6-7,12-14H2,1-5H3;1H. The van der Waals surface area contributed by atoms with Gasteiger partial charge < -0.3 is 14.5 Å². The van der Waals surface area contributed by atoms with Gasteiger partial charge in [-0.2, -0.15) is 0 Å². The monoisotopic (exact) mass is 446 g/mol. The molecule has 0 aliphatic carbocycles. The van der Waals surface area contributed by atoms with Crippen LogP contribution in [-0.4, -0.2) is 75.6 Å². The highest BCUT2D eigenvalue weighted by molar-refractivity contribution is 14.0. The van der Waals surface area contributed by atoms with E-state index in [4.69, 9.17) is 9.73 Å². The van der Waals surface area contributed by atoms with Crippen LogP contribution >= 0.6 is 24.0 Å². The third-order valence-electron chi connectivity index (χ3n) is 4.29. The minimum atomic E-state index is 0. The number of halogens is 1. The van der Waals surface area contributed by atoms with Gasteiger partial charge in [0.25, 0.3) is 0 Å². The number of ether oxygens (including phenoxy) is 1. The van der Waals surface area contributed by atoms with E-state index >= 15 is 0 Å². The van der Waals surface area contributed by atoms with Gasteiger partial charge in [-0.25, -0.2) is 0 Å². The predicted molar refractivity (Wildman–Crippen MR) is 112 cm³/mol. The van der Waals surface area contributed by atoms with E-state index in [1.807, 2.05) is 40.3 Å². The maximum Gasteiger partial charge on any atom is 0.195 e. The van der Waals surface area contributed by atoms with Crippen LogP contribution in [0.5, 0.6) is 5.75 Å². The van der Waals surface area contributed by atoms with Crippen molar-refractivity contribution in [2.24, 2.45) is 4.99 Å². The molecular weight excluding hydrogens is 415 g/mol. The summed E-state index contributed by atoms with van der Waals surface area (Å²) < 4.78 is 5.28. The third-order valence-corrected chi connectivity index (χ3v) is 4.29. The third kappa shape index (κ3) is 5.51. The molecule has 1 heterocycles. The number of guanidine groups is 1. The van der Waals surface area contributed by atoms with Gasteiger partial charge in [0.1, 0.15) is 5.75 Å². The number of rotatable bonds is 5. The summed E-state index contributed by atoms with van der Waals surface area (Å²) in [7, 11) is 9.86. The topological polar surface area (TPSA) is 31.3 Å². The Morgan fingerprint density at radius 1 is 1.08 bits per heavy atom. The molecule has 1 aromatic carbocycles. The maximum absolute atomic E-state index is 5.28. The molecule has 1 saturated heterocycles. The molecule has 0 spiro atoms. The van der Waals surface area contributed by atoms with Gasteiger partial charge in [-0.3, -0.25) is 9.89 Å². The molecule has 136 valence electrons. The second-order valence-corrected chi connectivity index (χ2v) is 6.46. The van der Waals surface area contributed by atoms with E-state index in [0.717, 1.165) is 31.3 Å². The van der Waals surface area contributed by atoms with Crippen molar-refractivity contribution >= 4 is 29.9 Å². The van der Waals surface area contributed by atoms with Crippen LogP contribution in [-0.2, 0) is 0 Å². The first-order chi connectivity index (χ1) is 11.0. The minimum Gasteiger partial charge on any atom is -0.497 e. The Bertz CT molecular complexity index is 500. The van der Waals surface area contributed by atoms with Crippen LogP contribution in [0.15, 0.2) is 29.3 Å². The molecule has 1 aromatic rings. The lowest BCUT2D eigenvalue weighted by Crippen LogP contribution is -2.36. The Hall–Kier alpha value is -1.02. The highest BCUT2D eigenvalue weighted by Gasteiger charge is 2.23. The molecule has 1 aliphatic rings. The average molecular weight is 446 g/mol. The molecule has 1 atom stereocenters. The van der Waals surface area contributed by atoms with Crippen LogP contribution < -0.4 is 4.74 Å². The molecule has 1 fully saturated rings. The Kier molecular flexibility index (Phi) is 8.83. The Balaban J connectivity index is 0.00000288. The van der Waals surface area contributed by atoms with Gasteiger partial charge in [0.2, 0.25) is 0 Å². The number of benzene rings is 1. The van der Waals surface area contributed by atoms with Gasteiger partial charge in [0.15, 0.2) is 5.96 Å². The lowest BCUT2D eigenvalue weighted by atomic mass is 10.1. The minimum absolute atomic E-state index is 0. The fourth-order valence-electron chi connectivity index (χ4n) is 3.16. The van der Waals surface area contributed by atoms with Crippen molar-refractivity contribution in [2.75, 3.05) is 54.9 Å². The van der Waals surface area contributed by atoms with Gasteiger partial charge >= 0.3 is 0 Å². The van der Waals surface area contributed by atoms with Gasteiger partial charge in [0, 0.05) is 28.2 Å². The molecule has 2 rings (SSSR count). The quantitative estimate of drug-likeness (QED) is 0.396. The van der Waals surface area contributed by atoms with Gasteiger partial charge in [-0.15, -0.1) is 24.0 Å². The molecule has 1 aliphatic heterocycles. The van der Waals surface area contributed by atoms with Crippen molar-refractivity contribution in [1.82, 2.24) is 14.7 Å². The average Bonchev–Trinajstić information content (AvgIpc) is 3.05. The molecule has 0 N–H and O–H groups in total. The fraction of sp³-hybridized carbons (Fsp3) is 0.611. The lowest BCUT2D eigenvalue weighted by molar-refractivity contribution is 0.250. The molecule has 0 radical (unpaired) electrons. The number of aliphatic imine (C=N–C) groups is 1. The zero-order valence-corrected chi connectivity index (χ0v) is 17.9. The predicted octanol–water partition coefficient (Wildman–Crippen LogP) is 2.93. The van der Waals surface area contributed by atoms with E-state index < -0.39 is 0 Å². The Morgan fingerprint density at radius 2 is 1.62 bits per heavy atom. The van der Waals surface area contributed by atoms with Crippen molar-refractivity contribution < 1.29 is 4.74 Å². The van der Waals surface area contributed by atoms with Crippen LogP contribution in [0.2, 0.25) is 0 Å². The van der Waals surface area contributed by atoms with Crippen LogP contribution in [0.3, 0.4) is 0 Å². The molecule has 0 aromatic heterocycles. The van der Waals surface area contributed by atoms with Crippen molar-refractivity contribution in [3.8, 4) is 5.75 Å². The van der Waals surface area contributed by atoms with E-state index in [0.29, 0.717) is 6.04 Å². The van der Waals surface area contributed by atoms with E-state index in [9.17, 15) is 0 Å². The molecule has 1 unspecified atom stereocenters. The van der Waals surface area contributed by atoms with E-state index in [1.165, 1.54) is 18.4 Å². The van der Waals surface area contributed by atoms with E-state index in [1.54, 1.807) is 7.11 Å². The Morgan fingerprint density at radius 3 is 2.08 bits per heavy atom. The van der Waals surface area contributed by atoms with Crippen molar-refractivity contribution in [2.45, 2.75) is 18.9 Å². The maximum atomic E-state index is 5.28. The first-order valence-corrected chi connectivity index (χ1v) is 8.30. The normalized spacial score (nSPS) is 15.4. The van der Waals surface area contributed by atoms with Crippen LogP contribution in [0.25, 0.3) is 0 Å². The molecule has 24 heavy (non-hydrogen) atoms. The van der Waals surface area contributed by atoms with Crippen molar-refractivity contribution in [3.63, 3.8) is 0 Å². The second kappa shape index (κ2) is 10.1. The molecule has 5 nitrogen and oxygen atoms in total. The molecule has 0 bridgehead atoms. The number of methoxy groups -OCH3 is 1. The SMILES string of the molecule is COc1ccc(C(CN=C(N(C)C)N(C)C)N2CCCC2)cc1.I. The van der Waals surface area contributed by atoms with Gasteiger partial charge in [-0.05, 0) is 43.6 Å². The summed E-state index contributed by atoms with van der Waals surface area (Å²) in [5.74, 6) is 1.91. The van der Waals surface area contributed by atoms with Crippen molar-refractivity contribution in [1.29, 1.82) is 0 Å². The van der Waals surface area contributed by atoms with Gasteiger partial charge in [-0.1, -0.05) is 12.1 Å². The summed E-state index contributed by atoms with van der Waals surface area (Å²) in [5, 5.41) is 0. The summed E-state index contributed by atoms with van der Waals surface area (Å²) in [6.07, 6.45) is 2.56. The lowest BCUT2D eigenvalue weighted by Gasteiger charge is -2.28.